The van der Waals surface area contributed by atoms with Crippen molar-refractivity contribution in [2.24, 2.45) is 0 Å². The molecule has 0 amide bonds. The fourth-order valence-electron chi connectivity index (χ4n) is 2.50. The Labute approximate surface area is 133 Å². The smallest absolute Gasteiger partial charge is 0.342 e. The molecular formula is C19H26O3. The maximum absolute atomic E-state index is 12.4. The highest BCUT2D eigenvalue weighted by Gasteiger charge is 2.23. The first kappa shape index (κ1) is 18.0. The Morgan fingerprint density at radius 2 is 1.82 bits per heavy atom. The molecule has 0 aliphatic carbocycles. The highest BCUT2D eigenvalue weighted by Crippen LogP contribution is 2.33. The number of allylic oxidation sites excluding steroid dienone is 1. The summed E-state index contributed by atoms with van der Waals surface area (Å²) < 4.78 is 11.1. The van der Waals surface area contributed by atoms with Crippen molar-refractivity contribution >= 4 is 5.97 Å². The molecule has 3 nitrogen and oxygen atoms in total. The van der Waals surface area contributed by atoms with Crippen LogP contribution < -0.4 is 4.74 Å². The quantitative estimate of drug-likeness (QED) is 0.504. The summed E-state index contributed by atoms with van der Waals surface area (Å²) in [5, 5.41) is 0. The molecule has 0 saturated heterocycles. The Kier molecular flexibility index (Phi) is 7.44. The van der Waals surface area contributed by atoms with E-state index in [1.54, 1.807) is 13.0 Å². The van der Waals surface area contributed by atoms with Crippen molar-refractivity contribution in [1.29, 1.82) is 0 Å². The van der Waals surface area contributed by atoms with Gasteiger partial charge in [-0.05, 0) is 37.3 Å². The number of hydrogen-bond acceptors (Lipinski definition) is 3. The largest absolute Gasteiger partial charge is 0.488 e. The van der Waals surface area contributed by atoms with Crippen molar-refractivity contribution in [1.82, 2.24) is 0 Å². The van der Waals surface area contributed by atoms with Crippen LogP contribution in [0.3, 0.4) is 0 Å². The van der Waals surface area contributed by atoms with Gasteiger partial charge in [0, 0.05) is 5.56 Å². The molecule has 0 heterocycles. The average Bonchev–Trinajstić information content (AvgIpc) is 2.53. The Morgan fingerprint density at radius 1 is 1.14 bits per heavy atom. The maximum atomic E-state index is 12.4. The molecule has 1 aromatic carbocycles. The van der Waals surface area contributed by atoms with Crippen molar-refractivity contribution in [3.8, 4) is 5.75 Å². The molecular weight excluding hydrogens is 276 g/mol. The van der Waals surface area contributed by atoms with Crippen LogP contribution in [0.15, 0.2) is 31.4 Å². The average molecular weight is 302 g/mol. The van der Waals surface area contributed by atoms with E-state index < -0.39 is 0 Å². The highest BCUT2D eigenvalue weighted by molar-refractivity contribution is 5.95. The van der Waals surface area contributed by atoms with Crippen LogP contribution in [0.2, 0.25) is 0 Å². The molecule has 0 unspecified atom stereocenters. The van der Waals surface area contributed by atoms with Crippen LogP contribution in [0.4, 0.5) is 0 Å². The molecule has 0 aliphatic rings. The highest BCUT2D eigenvalue weighted by atomic mass is 16.5. The van der Waals surface area contributed by atoms with Gasteiger partial charge in [0.15, 0.2) is 0 Å². The van der Waals surface area contributed by atoms with E-state index in [9.17, 15) is 4.79 Å². The van der Waals surface area contributed by atoms with Gasteiger partial charge in [0.05, 0.1) is 6.61 Å². The second kappa shape index (κ2) is 9.08. The molecule has 0 atom stereocenters. The van der Waals surface area contributed by atoms with Crippen LogP contribution in [0, 0.1) is 0 Å². The van der Waals surface area contributed by atoms with E-state index >= 15 is 0 Å². The molecule has 22 heavy (non-hydrogen) atoms. The second-order valence-corrected chi connectivity index (χ2v) is 4.90. The van der Waals surface area contributed by atoms with Gasteiger partial charge in [-0.25, -0.2) is 4.79 Å². The Bertz CT molecular complexity index is 544. The maximum Gasteiger partial charge on any atom is 0.342 e. The molecule has 0 radical (unpaired) electrons. The van der Waals surface area contributed by atoms with Crippen LogP contribution in [0.25, 0.3) is 0 Å². The molecule has 0 spiro atoms. The lowest BCUT2D eigenvalue weighted by Gasteiger charge is -2.20. The van der Waals surface area contributed by atoms with Gasteiger partial charge in [0.25, 0.3) is 0 Å². The van der Waals surface area contributed by atoms with Crippen molar-refractivity contribution in [2.75, 3.05) is 13.2 Å². The first-order valence-electron chi connectivity index (χ1n) is 7.83. The first-order chi connectivity index (χ1) is 10.6. The van der Waals surface area contributed by atoms with Gasteiger partial charge < -0.3 is 9.47 Å². The zero-order valence-corrected chi connectivity index (χ0v) is 13.9. The minimum atomic E-state index is -0.327. The van der Waals surface area contributed by atoms with E-state index in [4.69, 9.17) is 9.47 Å². The Balaban J connectivity index is 3.59. The zero-order valence-electron chi connectivity index (χ0n) is 13.9. The number of ether oxygens (including phenoxy) is 2. The number of aryl methyl sites for hydroxylation is 2. The first-order valence-corrected chi connectivity index (χ1v) is 7.83. The van der Waals surface area contributed by atoms with Crippen LogP contribution in [-0.2, 0) is 24.0 Å². The topological polar surface area (TPSA) is 35.5 Å². The summed E-state index contributed by atoms with van der Waals surface area (Å²) in [5.41, 5.74) is 3.70. The molecule has 1 aromatic rings. The molecule has 3 heteroatoms. The van der Waals surface area contributed by atoms with E-state index in [0.29, 0.717) is 30.9 Å². The summed E-state index contributed by atoms with van der Waals surface area (Å²) in [7, 11) is 0. The third-order valence-corrected chi connectivity index (χ3v) is 3.49. The molecule has 0 N–H and O–H groups in total. The summed E-state index contributed by atoms with van der Waals surface area (Å²) in [6, 6.07) is 2.09. The van der Waals surface area contributed by atoms with Gasteiger partial charge in [-0.2, -0.15) is 0 Å². The standard InChI is InChI=1S/C19H26O3/c1-6-11-16-14(8-3)13-15(9-4)17(19(20)21-10-5)18(16)22-12-7-2/h6-7,13H,1-2,8-12H2,3-5H3. The van der Waals surface area contributed by atoms with Crippen LogP contribution in [-0.4, -0.2) is 19.2 Å². The van der Waals surface area contributed by atoms with Crippen LogP contribution >= 0.6 is 0 Å². The summed E-state index contributed by atoms with van der Waals surface area (Å²) in [4.78, 5) is 12.4. The van der Waals surface area contributed by atoms with E-state index in [1.165, 1.54) is 5.56 Å². The molecule has 0 bridgehead atoms. The summed E-state index contributed by atoms with van der Waals surface area (Å²) >= 11 is 0. The van der Waals surface area contributed by atoms with Gasteiger partial charge in [0.2, 0.25) is 0 Å². The molecule has 1 rings (SSSR count). The van der Waals surface area contributed by atoms with Gasteiger partial charge >= 0.3 is 5.97 Å². The minimum Gasteiger partial charge on any atom is -0.488 e. The van der Waals surface area contributed by atoms with Gasteiger partial charge in [-0.15, -0.1) is 6.58 Å². The number of esters is 1. The van der Waals surface area contributed by atoms with Crippen LogP contribution in [0.5, 0.6) is 5.75 Å². The van der Waals surface area contributed by atoms with E-state index in [1.807, 2.05) is 13.0 Å². The predicted molar refractivity (Wildman–Crippen MR) is 90.7 cm³/mol. The van der Waals surface area contributed by atoms with E-state index in [-0.39, 0.29) is 5.97 Å². The van der Waals surface area contributed by atoms with Crippen molar-refractivity contribution in [3.05, 3.63) is 53.6 Å². The SMILES string of the molecule is C=CCOc1c(CC=C)c(CC)cc(CC)c1C(=O)OCC. The number of carbonyl (C=O) groups excluding carboxylic acids is 1. The third kappa shape index (κ3) is 4.00. The van der Waals surface area contributed by atoms with E-state index in [0.717, 1.165) is 24.0 Å². The molecule has 0 fully saturated rings. The molecule has 120 valence electrons. The molecule has 0 aliphatic heterocycles. The fourth-order valence-corrected chi connectivity index (χ4v) is 2.50. The Morgan fingerprint density at radius 3 is 2.32 bits per heavy atom. The van der Waals surface area contributed by atoms with Crippen LogP contribution in [0.1, 0.15) is 47.8 Å². The normalized spacial score (nSPS) is 10.1. The minimum absolute atomic E-state index is 0.327. The third-order valence-electron chi connectivity index (χ3n) is 3.49. The van der Waals surface area contributed by atoms with E-state index in [2.05, 4.69) is 26.1 Å². The molecule has 0 saturated carbocycles. The second-order valence-electron chi connectivity index (χ2n) is 4.90. The summed E-state index contributed by atoms with van der Waals surface area (Å²) in [5.74, 6) is 0.292. The Hall–Kier alpha value is -2.03. The number of carbonyl (C=O) groups is 1. The lowest BCUT2D eigenvalue weighted by atomic mass is 9.92. The van der Waals surface area contributed by atoms with Gasteiger partial charge in [-0.1, -0.05) is 38.6 Å². The van der Waals surface area contributed by atoms with Gasteiger partial charge in [0.1, 0.15) is 17.9 Å². The van der Waals surface area contributed by atoms with Crippen molar-refractivity contribution < 1.29 is 14.3 Å². The van der Waals surface area contributed by atoms with Gasteiger partial charge in [-0.3, -0.25) is 0 Å². The fraction of sp³-hybridized carbons (Fsp3) is 0.421. The van der Waals surface area contributed by atoms with Crippen molar-refractivity contribution in [2.45, 2.75) is 40.0 Å². The summed E-state index contributed by atoms with van der Waals surface area (Å²) in [6.45, 7) is 14.1. The number of hydrogen-bond donors (Lipinski definition) is 0. The monoisotopic (exact) mass is 302 g/mol. The number of benzene rings is 1. The predicted octanol–water partition coefficient (Wildman–Crippen LogP) is 4.28. The van der Waals surface area contributed by atoms with Crippen molar-refractivity contribution in [3.63, 3.8) is 0 Å². The number of rotatable bonds is 9. The molecule has 0 aromatic heterocycles. The zero-order chi connectivity index (χ0) is 16.5. The lowest BCUT2D eigenvalue weighted by Crippen LogP contribution is -2.14. The summed E-state index contributed by atoms with van der Waals surface area (Å²) in [6.07, 6.45) is 5.79. The lowest BCUT2D eigenvalue weighted by molar-refractivity contribution is 0.0520.